The van der Waals surface area contributed by atoms with Gasteiger partial charge in [0.15, 0.2) is 0 Å². The van der Waals surface area contributed by atoms with Crippen LogP contribution in [0.2, 0.25) is 0 Å². The average molecular weight is 439 g/mol. The zero-order valence-corrected chi connectivity index (χ0v) is 18.7. The zero-order chi connectivity index (χ0) is 23.1. The Kier molecular flexibility index (Phi) is 7.51. The number of carbonyl (C=O) groups excluding carboxylic acids is 3. The first-order chi connectivity index (χ1) is 15.2. The molecule has 7 nitrogen and oxygen atoms in total. The number of nitrogens with zero attached hydrogens (tertiary/aromatic N) is 1. The smallest absolute Gasteiger partial charge is 0.414 e. The average Bonchev–Trinajstić information content (AvgIpc) is 2.77. The molecular weight excluding hydrogens is 408 g/mol. The maximum atomic E-state index is 13.0. The molecule has 1 fully saturated rings. The minimum atomic E-state index is -0.793. The summed E-state index contributed by atoms with van der Waals surface area (Å²) in [7, 11) is 0. The molecule has 1 aliphatic rings. The zero-order valence-electron chi connectivity index (χ0n) is 18.7. The molecule has 2 aromatic carbocycles. The standard InChI is InChI=1S/C25H30N2O5/c1-25(2,3)32-23(29)26-22(28)20-15-10-16-27(21(20)19-13-8-5-9-14-19)24(30)31-17-18-11-6-4-7-12-18/h4-9,11-14,20-21H,10,15-17H2,1-3H3,(H,26,28,29)/t20-,21+/m0/s1. The summed E-state index contributed by atoms with van der Waals surface area (Å²) in [6, 6.07) is 18.2. The molecule has 1 N–H and O–H groups in total. The fourth-order valence-electron chi connectivity index (χ4n) is 3.84. The molecule has 3 amide bonds. The van der Waals surface area contributed by atoms with Crippen molar-refractivity contribution in [3.8, 4) is 0 Å². The van der Waals surface area contributed by atoms with Crippen molar-refractivity contribution in [2.45, 2.75) is 51.9 Å². The Morgan fingerprint density at radius 1 is 1.00 bits per heavy atom. The summed E-state index contributed by atoms with van der Waals surface area (Å²) in [6.45, 7) is 5.80. The summed E-state index contributed by atoms with van der Waals surface area (Å²) in [4.78, 5) is 39.8. The van der Waals surface area contributed by atoms with Crippen molar-refractivity contribution < 1.29 is 23.9 Å². The van der Waals surface area contributed by atoms with Crippen LogP contribution in [0.25, 0.3) is 0 Å². The molecular formula is C25H30N2O5. The fraction of sp³-hybridized carbons (Fsp3) is 0.400. The lowest BCUT2D eigenvalue weighted by atomic mass is 9.84. The molecule has 7 heteroatoms. The van der Waals surface area contributed by atoms with Gasteiger partial charge in [-0.2, -0.15) is 0 Å². The monoisotopic (exact) mass is 438 g/mol. The van der Waals surface area contributed by atoms with Crippen LogP contribution in [0, 0.1) is 5.92 Å². The molecule has 32 heavy (non-hydrogen) atoms. The number of alkyl carbamates (subject to hydrolysis) is 1. The van der Waals surface area contributed by atoms with Crippen molar-refractivity contribution in [1.82, 2.24) is 10.2 Å². The maximum Gasteiger partial charge on any atom is 0.414 e. The lowest BCUT2D eigenvalue weighted by Gasteiger charge is -2.40. The van der Waals surface area contributed by atoms with Gasteiger partial charge in [-0.05, 0) is 44.7 Å². The number of nitrogens with one attached hydrogen (secondary N) is 1. The van der Waals surface area contributed by atoms with Crippen molar-refractivity contribution in [3.05, 3.63) is 71.8 Å². The second-order valence-corrected chi connectivity index (χ2v) is 8.83. The molecule has 3 rings (SSSR count). The van der Waals surface area contributed by atoms with Gasteiger partial charge in [-0.15, -0.1) is 0 Å². The molecule has 1 heterocycles. The Morgan fingerprint density at radius 2 is 1.62 bits per heavy atom. The Labute approximate surface area is 188 Å². The highest BCUT2D eigenvalue weighted by molar-refractivity contribution is 5.94. The molecule has 0 radical (unpaired) electrons. The third-order valence-corrected chi connectivity index (χ3v) is 5.17. The highest BCUT2D eigenvalue weighted by Crippen LogP contribution is 2.37. The van der Waals surface area contributed by atoms with Crippen molar-refractivity contribution in [3.63, 3.8) is 0 Å². The van der Waals surface area contributed by atoms with Gasteiger partial charge in [0.25, 0.3) is 0 Å². The Bertz CT molecular complexity index is 924. The number of hydrogen-bond donors (Lipinski definition) is 1. The van der Waals surface area contributed by atoms with Crippen molar-refractivity contribution in [1.29, 1.82) is 0 Å². The Balaban J connectivity index is 1.78. The Morgan fingerprint density at radius 3 is 2.25 bits per heavy atom. The lowest BCUT2D eigenvalue weighted by Crippen LogP contribution is -2.49. The number of hydrogen-bond acceptors (Lipinski definition) is 5. The molecule has 0 spiro atoms. The normalized spacial score (nSPS) is 18.5. The number of rotatable bonds is 4. The summed E-state index contributed by atoms with van der Waals surface area (Å²) in [5, 5.41) is 2.34. The summed E-state index contributed by atoms with van der Waals surface area (Å²) >= 11 is 0. The SMILES string of the molecule is CC(C)(C)OC(=O)NC(=O)[C@H]1CCCN(C(=O)OCc2ccccc2)[C@@H]1c1ccccc1. The first kappa shape index (κ1) is 23.3. The predicted molar refractivity (Wildman–Crippen MR) is 120 cm³/mol. The summed E-state index contributed by atoms with van der Waals surface area (Å²) in [5.41, 5.74) is 0.977. The van der Waals surface area contributed by atoms with Crippen LogP contribution >= 0.6 is 0 Å². The van der Waals surface area contributed by atoms with Crippen molar-refractivity contribution in [2.24, 2.45) is 5.92 Å². The van der Waals surface area contributed by atoms with Crippen molar-refractivity contribution in [2.75, 3.05) is 6.54 Å². The number of carbonyl (C=O) groups is 3. The minimum Gasteiger partial charge on any atom is -0.445 e. The van der Waals surface area contributed by atoms with Gasteiger partial charge in [-0.1, -0.05) is 60.7 Å². The van der Waals surface area contributed by atoms with Crippen LogP contribution in [-0.4, -0.2) is 35.1 Å². The van der Waals surface area contributed by atoms with Gasteiger partial charge < -0.3 is 14.4 Å². The number of likely N-dealkylation sites (tertiary alicyclic amines) is 1. The number of amides is 3. The van der Waals surface area contributed by atoms with Gasteiger partial charge in [0.1, 0.15) is 12.2 Å². The van der Waals surface area contributed by atoms with Crippen LogP contribution in [0.5, 0.6) is 0 Å². The van der Waals surface area contributed by atoms with Gasteiger partial charge in [0.2, 0.25) is 5.91 Å². The van der Waals surface area contributed by atoms with Gasteiger partial charge in [-0.25, -0.2) is 9.59 Å². The maximum absolute atomic E-state index is 13.0. The van der Waals surface area contributed by atoms with Crippen LogP contribution in [-0.2, 0) is 20.9 Å². The molecule has 0 saturated carbocycles. The van der Waals surface area contributed by atoms with Gasteiger partial charge in [-0.3, -0.25) is 10.1 Å². The third kappa shape index (κ3) is 6.33. The number of benzene rings is 2. The third-order valence-electron chi connectivity index (χ3n) is 5.17. The van der Waals surface area contributed by atoms with Gasteiger partial charge in [0.05, 0.1) is 12.0 Å². The van der Waals surface area contributed by atoms with E-state index in [4.69, 9.17) is 9.47 Å². The van der Waals surface area contributed by atoms with E-state index in [0.717, 1.165) is 11.1 Å². The van der Waals surface area contributed by atoms with Gasteiger partial charge >= 0.3 is 12.2 Å². The van der Waals surface area contributed by atoms with Crippen LogP contribution in [0.3, 0.4) is 0 Å². The lowest BCUT2D eigenvalue weighted by molar-refractivity contribution is -0.128. The van der Waals surface area contributed by atoms with E-state index in [1.54, 1.807) is 25.7 Å². The van der Waals surface area contributed by atoms with Crippen LogP contribution < -0.4 is 5.32 Å². The van der Waals surface area contributed by atoms with Crippen molar-refractivity contribution >= 4 is 18.1 Å². The van der Waals surface area contributed by atoms with Crippen LogP contribution in [0.1, 0.15) is 50.8 Å². The van der Waals surface area contributed by atoms with E-state index in [9.17, 15) is 14.4 Å². The van der Waals surface area contributed by atoms with Gasteiger partial charge in [0, 0.05) is 6.54 Å². The molecule has 2 atom stereocenters. The summed E-state index contributed by atoms with van der Waals surface area (Å²) in [5.74, 6) is -1.07. The Hall–Kier alpha value is -3.35. The molecule has 0 aromatic heterocycles. The number of piperidine rings is 1. The number of imide groups is 1. The van der Waals surface area contributed by atoms with E-state index in [2.05, 4.69) is 5.32 Å². The molecule has 0 bridgehead atoms. The topological polar surface area (TPSA) is 84.9 Å². The second kappa shape index (κ2) is 10.3. The fourth-order valence-corrected chi connectivity index (χ4v) is 3.84. The molecule has 0 unspecified atom stereocenters. The van der Waals surface area contributed by atoms with E-state index >= 15 is 0 Å². The summed E-state index contributed by atoms with van der Waals surface area (Å²) < 4.78 is 10.8. The summed E-state index contributed by atoms with van der Waals surface area (Å²) in [6.07, 6.45) is -0.122. The minimum absolute atomic E-state index is 0.145. The van der Waals surface area contributed by atoms with Crippen LogP contribution in [0.4, 0.5) is 9.59 Å². The first-order valence-electron chi connectivity index (χ1n) is 10.8. The molecule has 1 aliphatic heterocycles. The first-order valence-corrected chi connectivity index (χ1v) is 10.8. The van der Waals surface area contributed by atoms with E-state index in [1.807, 2.05) is 60.7 Å². The highest BCUT2D eigenvalue weighted by Gasteiger charge is 2.40. The van der Waals surface area contributed by atoms with E-state index in [1.165, 1.54) is 0 Å². The second-order valence-electron chi connectivity index (χ2n) is 8.83. The number of ether oxygens (including phenoxy) is 2. The largest absolute Gasteiger partial charge is 0.445 e. The molecule has 1 saturated heterocycles. The molecule has 2 aromatic rings. The predicted octanol–water partition coefficient (Wildman–Crippen LogP) is 4.83. The highest BCUT2D eigenvalue weighted by atomic mass is 16.6. The van der Waals surface area contributed by atoms with E-state index in [-0.39, 0.29) is 6.61 Å². The molecule has 0 aliphatic carbocycles. The van der Waals surface area contributed by atoms with E-state index < -0.39 is 35.7 Å². The van der Waals surface area contributed by atoms with Crippen LogP contribution in [0.15, 0.2) is 60.7 Å². The quantitative estimate of drug-likeness (QED) is 0.739. The molecule has 170 valence electrons. The van der Waals surface area contributed by atoms with E-state index in [0.29, 0.717) is 19.4 Å².